The SMILES string of the molecule is CN1C(=O)[C@@H](NCCC2=CCN(Cc3ccc(F)cc3)C=C2Cl)COc2cc3oc(C4CC4)nc3cc21. The van der Waals surface area contributed by atoms with Gasteiger partial charge in [-0.3, -0.25) is 4.79 Å². The molecule has 0 unspecified atom stereocenters. The van der Waals surface area contributed by atoms with Gasteiger partial charge >= 0.3 is 0 Å². The van der Waals surface area contributed by atoms with Crippen LogP contribution in [0.1, 0.15) is 36.6 Å². The summed E-state index contributed by atoms with van der Waals surface area (Å²) in [7, 11) is 1.76. The number of carbonyl (C=O) groups excluding carboxylic acids is 1. The molecule has 1 saturated carbocycles. The first-order valence-corrected chi connectivity index (χ1v) is 13.0. The molecule has 2 aliphatic heterocycles. The van der Waals surface area contributed by atoms with Gasteiger partial charge in [0.05, 0.1) is 10.7 Å². The molecule has 3 heterocycles. The van der Waals surface area contributed by atoms with Crippen LogP contribution in [0.5, 0.6) is 5.75 Å². The van der Waals surface area contributed by atoms with E-state index in [1.165, 1.54) is 12.1 Å². The number of anilines is 1. The van der Waals surface area contributed by atoms with Crippen molar-refractivity contribution in [1.82, 2.24) is 15.2 Å². The molecule has 1 fully saturated rings. The summed E-state index contributed by atoms with van der Waals surface area (Å²) < 4.78 is 25.1. The first-order valence-electron chi connectivity index (χ1n) is 12.6. The van der Waals surface area contributed by atoms with Gasteiger partial charge in [-0.1, -0.05) is 29.8 Å². The van der Waals surface area contributed by atoms with Gasteiger partial charge in [0, 0.05) is 44.9 Å². The van der Waals surface area contributed by atoms with Gasteiger partial charge in [-0.25, -0.2) is 9.37 Å². The Morgan fingerprint density at radius 2 is 2.03 bits per heavy atom. The topological polar surface area (TPSA) is 70.8 Å². The number of hydrogen-bond acceptors (Lipinski definition) is 6. The number of oxazole rings is 1. The van der Waals surface area contributed by atoms with E-state index >= 15 is 0 Å². The number of hydrogen-bond donors (Lipinski definition) is 1. The molecule has 1 aliphatic carbocycles. The summed E-state index contributed by atoms with van der Waals surface area (Å²) in [4.78, 5) is 21.5. The first kappa shape index (κ1) is 24.0. The van der Waals surface area contributed by atoms with E-state index in [0.717, 1.165) is 35.4 Å². The smallest absolute Gasteiger partial charge is 0.247 e. The Labute approximate surface area is 219 Å². The van der Waals surface area contributed by atoms with Gasteiger partial charge in [0.2, 0.25) is 5.91 Å². The zero-order chi connectivity index (χ0) is 25.5. The Kier molecular flexibility index (Phi) is 6.38. The summed E-state index contributed by atoms with van der Waals surface area (Å²) in [5.74, 6) is 1.50. The summed E-state index contributed by atoms with van der Waals surface area (Å²) in [5.41, 5.74) is 4.17. The quantitative estimate of drug-likeness (QED) is 0.467. The van der Waals surface area contributed by atoms with E-state index in [-0.39, 0.29) is 18.3 Å². The largest absolute Gasteiger partial charge is 0.489 e. The Balaban J connectivity index is 1.05. The highest BCUT2D eigenvalue weighted by molar-refractivity contribution is 6.32. The van der Waals surface area contributed by atoms with Crippen molar-refractivity contribution < 1.29 is 18.3 Å². The van der Waals surface area contributed by atoms with Crippen molar-refractivity contribution >= 4 is 34.3 Å². The summed E-state index contributed by atoms with van der Waals surface area (Å²) in [6.07, 6.45) is 6.92. The zero-order valence-corrected chi connectivity index (χ0v) is 21.3. The standard InChI is InChI=1S/C28H28ClFN4O3/c1-33-24-12-22-25(37-27(32-22)19-4-5-19)13-26(24)36-16-23(28(33)35)31-10-8-18-9-11-34(15-21(18)29)14-17-2-6-20(30)7-3-17/h2-3,6-7,9,12-13,15,19,23,31H,4-5,8,10-11,14,16H2,1H3/t23-/m0/s1. The highest BCUT2D eigenvalue weighted by Gasteiger charge is 2.32. The molecule has 192 valence electrons. The fourth-order valence-corrected chi connectivity index (χ4v) is 5.06. The van der Waals surface area contributed by atoms with Crippen LogP contribution in [0.2, 0.25) is 0 Å². The number of ether oxygens (including phenoxy) is 1. The lowest BCUT2D eigenvalue weighted by Crippen LogP contribution is -2.47. The first-order chi connectivity index (χ1) is 17.9. The van der Waals surface area contributed by atoms with Crippen LogP contribution in [-0.2, 0) is 11.3 Å². The molecule has 1 amide bonds. The van der Waals surface area contributed by atoms with E-state index < -0.39 is 6.04 Å². The monoisotopic (exact) mass is 522 g/mol. The Morgan fingerprint density at radius 3 is 2.78 bits per heavy atom. The number of amides is 1. The predicted molar refractivity (Wildman–Crippen MR) is 140 cm³/mol. The predicted octanol–water partition coefficient (Wildman–Crippen LogP) is 5.07. The van der Waals surface area contributed by atoms with E-state index in [2.05, 4.69) is 21.3 Å². The molecule has 2 aromatic carbocycles. The average Bonchev–Trinajstić information content (AvgIpc) is 3.67. The van der Waals surface area contributed by atoms with Gasteiger partial charge < -0.3 is 24.3 Å². The van der Waals surface area contributed by atoms with Crippen LogP contribution in [0, 0.1) is 5.82 Å². The minimum atomic E-state index is -0.486. The number of benzene rings is 2. The number of aromatic nitrogens is 1. The molecule has 0 saturated heterocycles. The van der Waals surface area contributed by atoms with Gasteiger partial charge in [0.15, 0.2) is 11.5 Å². The minimum absolute atomic E-state index is 0.0613. The van der Waals surface area contributed by atoms with Crippen LogP contribution in [0.25, 0.3) is 11.1 Å². The van der Waals surface area contributed by atoms with E-state index in [9.17, 15) is 9.18 Å². The van der Waals surface area contributed by atoms with E-state index in [4.69, 9.17) is 20.8 Å². The maximum atomic E-state index is 13.2. The molecule has 1 aromatic heterocycles. The molecule has 1 atom stereocenters. The molecule has 3 aliphatic rings. The molecular formula is C28H28ClFN4O3. The van der Waals surface area contributed by atoms with Crippen LogP contribution >= 0.6 is 11.6 Å². The van der Waals surface area contributed by atoms with Gasteiger partial charge in [-0.2, -0.15) is 0 Å². The number of nitrogens with zero attached hydrogens (tertiary/aromatic N) is 3. The van der Waals surface area contributed by atoms with E-state index in [0.29, 0.717) is 54.0 Å². The number of carbonyl (C=O) groups is 1. The number of likely N-dealkylation sites (N-methyl/N-ethyl adjacent to an activating group) is 1. The second-order valence-corrected chi connectivity index (χ2v) is 10.2. The molecule has 9 heteroatoms. The minimum Gasteiger partial charge on any atom is -0.489 e. The fourth-order valence-electron chi connectivity index (χ4n) is 4.75. The van der Waals surface area contributed by atoms with Crippen molar-refractivity contribution in [3.05, 3.63) is 76.6 Å². The number of halogens is 2. The van der Waals surface area contributed by atoms with Crippen molar-refractivity contribution in [3.8, 4) is 5.75 Å². The maximum Gasteiger partial charge on any atom is 0.247 e. The van der Waals surface area contributed by atoms with Gasteiger partial charge in [0.1, 0.15) is 29.7 Å². The normalized spacial score (nSPS) is 19.9. The summed E-state index contributed by atoms with van der Waals surface area (Å²) in [5, 5.41) is 4.01. The fraction of sp³-hybridized carbons (Fsp3) is 0.357. The molecular weight excluding hydrogens is 495 g/mol. The highest BCUT2D eigenvalue weighted by atomic mass is 35.5. The van der Waals surface area contributed by atoms with Crippen molar-refractivity contribution in [2.75, 3.05) is 31.6 Å². The zero-order valence-electron chi connectivity index (χ0n) is 20.5. The van der Waals surface area contributed by atoms with Gasteiger partial charge in [-0.05, 0) is 48.6 Å². The second-order valence-electron chi connectivity index (χ2n) is 9.84. The molecule has 7 nitrogen and oxygen atoms in total. The Morgan fingerprint density at radius 1 is 1.22 bits per heavy atom. The van der Waals surface area contributed by atoms with Crippen LogP contribution in [-0.4, -0.2) is 48.6 Å². The van der Waals surface area contributed by atoms with E-state index in [1.807, 2.05) is 18.3 Å². The number of nitrogens with one attached hydrogen (secondary N) is 1. The molecule has 1 N–H and O–H groups in total. The highest BCUT2D eigenvalue weighted by Crippen LogP contribution is 2.42. The third-order valence-electron chi connectivity index (χ3n) is 7.07. The molecule has 0 bridgehead atoms. The van der Waals surface area contributed by atoms with Gasteiger partial charge in [0.25, 0.3) is 0 Å². The number of allylic oxidation sites excluding steroid dienone is 1. The second kappa shape index (κ2) is 9.84. The lowest BCUT2D eigenvalue weighted by Gasteiger charge is -2.25. The number of rotatable bonds is 7. The van der Waals surface area contributed by atoms with Gasteiger partial charge in [-0.15, -0.1) is 0 Å². The molecule has 37 heavy (non-hydrogen) atoms. The molecule has 3 aromatic rings. The third kappa shape index (κ3) is 5.08. The average molecular weight is 523 g/mol. The van der Waals surface area contributed by atoms with Crippen molar-refractivity contribution in [2.45, 2.75) is 37.8 Å². The van der Waals surface area contributed by atoms with Crippen molar-refractivity contribution in [3.63, 3.8) is 0 Å². The summed E-state index contributed by atoms with van der Waals surface area (Å²) in [6.45, 7) is 2.16. The Bertz CT molecular complexity index is 1400. The van der Waals surface area contributed by atoms with Crippen LogP contribution < -0.4 is 15.0 Å². The van der Waals surface area contributed by atoms with Crippen LogP contribution in [0.3, 0.4) is 0 Å². The summed E-state index contributed by atoms with van der Waals surface area (Å²) in [6, 6.07) is 9.71. The third-order valence-corrected chi connectivity index (χ3v) is 7.41. The lowest BCUT2D eigenvalue weighted by molar-refractivity contribution is -0.120. The Hall–Kier alpha value is -3.36. The molecule has 0 spiro atoms. The summed E-state index contributed by atoms with van der Waals surface area (Å²) >= 11 is 6.55. The van der Waals surface area contributed by atoms with Crippen LogP contribution in [0.4, 0.5) is 10.1 Å². The maximum absolute atomic E-state index is 13.2. The van der Waals surface area contributed by atoms with Crippen molar-refractivity contribution in [1.29, 1.82) is 0 Å². The molecule has 6 rings (SSSR count). The van der Waals surface area contributed by atoms with E-state index in [1.54, 1.807) is 24.1 Å². The lowest BCUT2D eigenvalue weighted by atomic mass is 10.1. The molecule has 0 radical (unpaired) electrons. The van der Waals surface area contributed by atoms with Crippen LogP contribution in [0.15, 0.2) is 63.7 Å². The number of fused-ring (bicyclic) bond motifs is 2. The van der Waals surface area contributed by atoms with Crippen molar-refractivity contribution in [2.24, 2.45) is 0 Å².